The standard InChI is InChI=1S/C42H48Cl4N2O3/c1-47-25-37(35-21-31(43)23-41(45)39(35)27-47)33-13-5-3-9-29(33)11-7-15-49-17-19-51-20-18-50-16-8-12-30-10-4-6-14-34(30)38-26-48(2)28-40-36(38)22-32(44)24-42(40)46/h3-6,9-10,13-14,21-24,37-38H,7-8,11-12,15-20,25-28H2,1-2H3. The summed E-state index contributed by atoms with van der Waals surface area (Å²) in [6, 6.07) is 25.3. The molecule has 0 N–H and O–H groups in total. The molecule has 51 heavy (non-hydrogen) atoms. The lowest BCUT2D eigenvalue weighted by molar-refractivity contribution is 0.0138. The molecular formula is C42H48Cl4N2O3. The van der Waals surface area contributed by atoms with Crippen molar-refractivity contribution in [3.63, 3.8) is 0 Å². The number of aryl methyl sites for hydroxylation is 2. The predicted molar refractivity (Wildman–Crippen MR) is 211 cm³/mol. The van der Waals surface area contributed by atoms with Gasteiger partial charge in [-0.2, -0.15) is 0 Å². The maximum Gasteiger partial charge on any atom is 0.0701 e. The Morgan fingerprint density at radius 1 is 0.529 bits per heavy atom. The van der Waals surface area contributed by atoms with Crippen LogP contribution in [-0.2, 0) is 40.1 Å². The summed E-state index contributed by atoms with van der Waals surface area (Å²) in [7, 11) is 4.30. The summed E-state index contributed by atoms with van der Waals surface area (Å²) >= 11 is 26.1. The van der Waals surface area contributed by atoms with Gasteiger partial charge in [0.2, 0.25) is 0 Å². The van der Waals surface area contributed by atoms with E-state index >= 15 is 0 Å². The van der Waals surface area contributed by atoms with E-state index in [9.17, 15) is 0 Å². The highest BCUT2D eigenvalue weighted by atomic mass is 35.5. The second-order valence-electron chi connectivity index (χ2n) is 13.9. The summed E-state index contributed by atoms with van der Waals surface area (Å²) in [6.07, 6.45) is 3.79. The van der Waals surface area contributed by atoms with Crippen molar-refractivity contribution in [1.82, 2.24) is 9.80 Å². The van der Waals surface area contributed by atoms with Gasteiger partial charge in [-0.05, 0) is 109 Å². The van der Waals surface area contributed by atoms with E-state index in [-0.39, 0.29) is 11.8 Å². The van der Waals surface area contributed by atoms with E-state index in [0.29, 0.717) is 49.7 Å². The largest absolute Gasteiger partial charge is 0.379 e. The fraction of sp³-hybridized carbons (Fsp3) is 0.429. The van der Waals surface area contributed by atoms with Gasteiger partial charge in [0.05, 0.1) is 26.4 Å². The summed E-state index contributed by atoms with van der Waals surface area (Å²) in [5.41, 5.74) is 10.2. The minimum absolute atomic E-state index is 0.237. The van der Waals surface area contributed by atoms with E-state index in [0.717, 1.165) is 61.9 Å². The van der Waals surface area contributed by atoms with Crippen molar-refractivity contribution in [3.8, 4) is 0 Å². The van der Waals surface area contributed by atoms with Crippen LogP contribution in [-0.4, -0.2) is 76.6 Å². The smallest absolute Gasteiger partial charge is 0.0701 e. The molecular weight excluding hydrogens is 722 g/mol. The minimum Gasteiger partial charge on any atom is -0.379 e. The predicted octanol–water partition coefficient (Wildman–Crippen LogP) is 10.1. The van der Waals surface area contributed by atoms with Crippen LogP contribution in [0.3, 0.4) is 0 Å². The molecule has 2 heterocycles. The van der Waals surface area contributed by atoms with E-state index in [1.807, 2.05) is 12.1 Å². The molecule has 2 unspecified atom stereocenters. The summed E-state index contributed by atoms with van der Waals surface area (Å²) in [5.74, 6) is 0.473. The van der Waals surface area contributed by atoms with Crippen LogP contribution >= 0.6 is 46.4 Å². The Bertz CT molecular complexity index is 1640. The van der Waals surface area contributed by atoms with Gasteiger partial charge in [0, 0.05) is 71.3 Å². The summed E-state index contributed by atoms with van der Waals surface area (Å²) < 4.78 is 17.6. The molecule has 2 atom stereocenters. The van der Waals surface area contributed by atoms with Crippen LogP contribution in [0.5, 0.6) is 0 Å². The van der Waals surface area contributed by atoms with Gasteiger partial charge < -0.3 is 24.0 Å². The molecule has 4 aromatic rings. The highest BCUT2D eigenvalue weighted by molar-refractivity contribution is 6.35. The Balaban J connectivity index is 0.870. The van der Waals surface area contributed by atoms with E-state index in [2.05, 4.69) is 84.6 Å². The van der Waals surface area contributed by atoms with Crippen molar-refractivity contribution in [3.05, 3.63) is 137 Å². The van der Waals surface area contributed by atoms with Crippen LogP contribution in [0.15, 0.2) is 72.8 Å². The number of nitrogens with zero attached hydrogens (tertiary/aromatic N) is 2. The second kappa shape index (κ2) is 18.7. The molecule has 9 heteroatoms. The molecule has 0 aromatic heterocycles. The van der Waals surface area contributed by atoms with Gasteiger partial charge in [0.15, 0.2) is 0 Å². The zero-order valence-corrected chi connectivity index (χ0v) is 32.6. The Kier molecular flexibility index (Phi) is 14.2. The molecule has 2 aliphatic heterocycles. The Morgan fingerprint density at radius 3 is 1.35 bits per heavy atom. The normalized spacial score (nSPS) is 17.8. The van der Waals surface area contributed by atoms with Crippen molar-refractivity contribution in [2.24, 2.45) is 0 Å². The van der Waals surface area contributed by atoms with E-state index < -0.39 is 0 Å². The first-order valence-corrected chi connectivity index (χ1v) is 19.5. The summed E-state index contributed by atoms with van der Waals surface area (Å²) in [5, 5.41) is 2.88. The molecule has 0 amide bonds. The molecule has 272 valence electrons. The third kappa shape index (κ3) is 10.1. The van der Waals surface area contributed by atoms with Gasteiger partial charge in [-0.1, -0.05) is 94.9 Å². The van der Waals surface area contributed by atoms with Crippen molar-refractivity contribution in [1.29, 1.82) is 0 Å². The van der Waals surface area contributed by atoms with Gasteiger partial charge in [0.1, 0.15) is 0 Å². The fourth-order valence-corrected chi connectivity index (χ4v) is 8.84. The van der Waals surface area contributed by atoms with Gasteiger partial charge in [-0.15, -0.1) is 0 Å². The SMILES string of the molecule is CN1Cc2c(Cl)cc(Cl)cc2C(c2ccccc2CCCOCCOCCOCCCc2ccccc2C2CN(C)Cc3c(Cl)cc(Cl)cc32)C1. The molecule has 2 aliphatic rings. The van der Waals surface area contributed by atoms with Gasteiger partial charge in [-0.3, -0.25) is 0 Å². The number of rotatable bonds is 16. The highest BCUT2D eigenvalue weighted by Crippen LogP contribution is 2.41. The van der Waals surface area contributed by atoms with E-state index in [4.69, 9.17) is 60.6 Å². The van der Waals surface area contributed by atoms with Crippen molar-refractivity contribution >= 4 is 46.4 Å². The number of hydrogen-bond acceptors (Lipinski definition) is 5. The molecule has 6 rings (SSSR count). The van der Waals surface area contributed by atoms with Crippen LogP contribution in [0.2, 0.25) is 20.1 Å². The van der Waals surface area contributed by atoms with Crippen LogP contribution < -0.4 is 0 Å². The lowest BCUT2D eigenvalue weighted by Gasteiger charge is -2.34. The lowest BCUT2D eigenvalue weighted by Crippen LogP contribution is -2.31. The van der Waals surface area contributed by atoms with Crippen LogP contribution in [0.25, 0.3) is 0 Å². The van der Waals surface area contributed by atoms with Crippen molar-refractivity contribution in [2.75, 3.05) is 66.8 Å². The number of fused-ring (bicyclic) bond motifs is 2. The van der Waals surface area contributed by atoms with E-state index in [1.54, 1.807) is 0 Å². The molecule has 5 nitrogen and oxygen atoms in total. The third-order valence-electron chi connectivity index (χ3n) is 10.1. The van der Waals surface area contributed by atoms with Gasteiger partial charge >= 0.3 is 0 Å². The topological polar surface area (TPSA) is 34.2 Å². The zero-order chi connectivity index (χ0) is 35.7. The Labute approximate surface area is 323 Å². The zero-order valence-electron chi connectivity index (χ0n) is 29.6. The quantitative estimate of drug-likeness (QED) is 0.106. The van der Waals surface area contributed by atoms with Crippen LogP contribution in [0.1, 0.15) is 69.2 Å². The monoisotopic (exact) mass is 768 g/mol. The molecule has 0 saturated heterocycles. The molecule has 0 saturated carbocycles. The number of hydrogen-bond donors (Lipinski definition) is 0. The minimum atomic E-state index is 0.237. The van der Waals surface area contributed by atoms with Gasteiger partial charge in [-0.25, -0.2) is 0 Å². The lowest BCUT2D eigenvalue weighted by atomic mass is 9.82. The Hall–Kier alpha value is -2.16. The van der Waals surface area contributed by atoms with Crippen molar-refractivity contribution < 1.29 is 14.2 Å². The fourth-order valence-electron chi connectivity index (χ4n) is 7.70. The highest BCUT2D eigenvalue weighted by Gasteiger charge is 2.29. The third-order valence-corrected chi connectivity index (χ3v) is 11.2. The average molecular weight is 771 g/mol. The average Bonchev–Trinajstić information content (AvgIpc) is 3.11. The first-order chi connectivity index (χ1) is 24.8. The summed E-state index contributed by atoms with van der Waals surface area (Å²) in [6.45, 7) is 7.20. The van der Waals surface area contributed by atoms with Crippen molar-refractivity contribution in [2.45, 2.75) is 50.6 Å². The maximum atomic E-state index is 6.62. The molecule has 0 bridgehead atoms. The first-order valence-electron chi connectivity index (χ1n) is 18.0. The van der Waals surface area contributed by atoms with Crippen LogP contribution in [0, 0.1) is 0 Å². The van der Waals surface area contributed by atoms with Crippen LogP contribution in [0.4, 0.5) is 0 Å². The number of likely N-dealkylation sites (N-methyl/N-ethyl adjacent to an activating group) is 2. The van der Waals surface area contributed by atoms with Gasteiger partial charge in [0.25, 0.3) is 0 Å². The molecule has 0 fully saturated rings. The number of benzene rings is 4. The molecule has 0 radical (unpaired) electrons. The second-order valence-corrected chi connectivity index (χ2v) is 15.5. The maximum absolute atomic E-state index is 6.62. The summed E-state index contributed by atoms with van der Waals surface area (Å²) in [4.78, 5) is 4.67. The first kappa shape index (κ1) is 38.6. The number of halogens is 4. The van der Waals surface area contributed by atoms with E-state index in [1.165, 1.54) is 44.5 Å². The molecule has 4 aromatic carbocycles. The Morgan fingerprint density at radius 2 is 0.922 bits per heavy atom. The molecule has 0 aliphatic carbocycles. The number of ether oxygens (including phenoxy) is 3. The molecule has 0 spiro atoms.